The van der Waals surface area contributed by atoms with E-state index in [0.29, 0.717) is 16.9 Å². The van der Waals surface area contributed by atoms with Crippen molar-refractivity contribution in [2.24, 2.45) is 0 Å². The number of carboxylic acid groups (broad SMARTS) is 1. The number of rotatable bonds is 2. The van der Waals surface area contributed by atoms with Crippen LogP contribution in [0.25, 0.3) is 10.4 Å². The van der Waals surface area contributed by atoms with Crippen LogP contribution >= 0.6 is 11.3 Å². The van der Waals surface area contributed by atoms with Crippen molar-refractivity contribution in [2.45, 2.75) is 13.1 Å². The number of carbonyl (C=O) groups is 1. The first-order valence-electron chi connectivity index (χ1n) is 5.17. The average Bonchev–Trinajstić information content (AvgIpc) is 2.74. The Hall–Kier alpha value is -1.89. The molecule has 2 aromatic rings. The van der Waals surface area contributed by atoms with Crippen molar-refractivity contribution in [3.8, 4) is 10.4 Å². The van der Waals surface area contributed by atoms with E-state index in [4.69, 9.17) is 5.11 Å². The largest absolute Gasteiger partial charge is 0.476 e. The van der Waals surface area contributed by atoms with Crippen LogP contribution in [-0.4, -0.2) is 16.1 Å². The monoisotopic (exact) mass is 287 g/mol. The Morgan fingerprint density at radius 3 is 2.32 bits per heavy atom. The summed E-state index contributed by atoms with van der Waals surface area (Å²) in [6.45, 7) is 1.83. The van der Waals surface area contributed by atoms with Crippen LogP contribution in [0.1, 0.15) is 21.1 Å². The number of alkyl halides is 3. The van der Waals surface area contributed by atoms with Crippen LogP contribution < -0.4 is 0 Å². The summed E-state index contributed by atoms with van der Waals surface area (Å²) in [5.74, 6) is -1.47. The fourth-order valence-electron chi connectivity index (χ4n) is 1.49. The van der Waals surface area contributed by atoms with Gasteiger partial charge in [0.25, 0.3) is 0 Å². The number of aromatic carboxylic acids is 1. The highest BCUT2D eigenvalue weighted by atomic mass is 32.1. The van der Waals surface area contributed by atoms with Gasteiger partial charge in [0.15, 0.2) is 10.7 Å². The second-order valence-electron chi connectivity index (χ2n) is 3.87. The minimum atomic E-state index is -4.64. The first kappa shape index (κ1) is 13.5. The number of carboxylic acids is 1. The van der Waals surface area contributed by atoms with Gasteiger partial charge in [0.1, 0.15) is 0 Å². The number of benzene rings is 1. The van der Waals surface area contributed by atoms with Crippen LogP contribution in [0.3, 0.4) is 0 Å². The zero-order valence-electron chi connectivity index (χ0n) is 9.65. The predicted octanol–water partition coefficient (Wildman–Crippen LogP) is 3.84. The molecule has 2 rings (SSSR count). The van der Waals surface area contributed by atoms with Gasteiger partial charge in [-0.2, -0.15) is 13.2 Å². The lowest BCUT2D eigenvalue weighted by molar-refractivity contribution is -0.137. The summed E-state index contributed by atoms with van der Waals surface area (Å²) in [4.78, 5) is 14.2. The molecule has 1 N–H and O–H groups in total. The lowest BCUT2D eigenvalue weighted by Crippen LogP contribution is -2.06. The summed E-state index contributed by atoms with van der Waals surface area (Å²) in [5, 5.41) is 7.79. The normalized spacial score (nSPS) is 11.6. The highest BCUT2D eigenvalue weighted by Crippen LogP contribution is 2.38. The van der Waals surface area contributed by atoms with Crippen molar-refractivity contribution >= 4 is 17.3 Å². The molecule has 0 aliphatic heterocycles. The van der Waals surface area contributed by atoms with E-state index in [1.807, 2.05) is 6.92 Å². The Morgan fingerprint density at radius 2 is 1.84 bits per heavy atom. The number of halogens is 3. The second-order valence-corrected chi connectivity index (χ2v) is 4.86. The topological polar surface area (TPSA) is 50.2 Å². The number of aromatic nitrogens is 1. The Kier molecular flexibility index (Phi) is 3.32. The van der Waals surface area contributed by atoms with Crippen molar-refractivity contribution in [3.63, 3.8) is 0 Å². The molecule has 0 saturated heterocycles. The van der Waals surface area contributed by atoms with Gasteiger partial charge >= 0.3 is 12.1 Å². The maximum Gasteiger partial charge on any atom is 0.443 e. The van der Waals surface area contributed by atoms with Crippen LogP contribution in [0.4, 0.5) is 13.2 Å². The summed E-state index contributed by atoms with van der Waals surface area (Å²) in [6, 6.07) is 6.56. The fourth-order valence-corrected chi connectivity index (χ4v) is 2.42. The molecule has 1 aromatic carbocycles. The maximum atomic E-state index is 12.6. The lowest BCUT2D eigenvalue weighted by Gasteiger charge is -2.00. The molecule has 7 heteroatoms. The minimum absolute atomic E-state index is 0.0137. The van der Waals surface area contributed by atoms with E-state index in [9.17, 15) is 18.0 Å². The molecule has 0 aliphatic carbocycles. The molecule has 3 nitrogen and oxygen atoms in total. The van der Waals surface area contributed by atoms with Crippen LogP contribution in [0.5, 0.6) is 0 Å². The predicted molar refractivity (Wildman–Crippen MR) is 64.2 cm³/mol. The van der Waals surface area contributed by atoms with E-state index in [-0.39, 0.29) is 4.88 Å². The van der Waals surface area contributed by atoms with Crippen LogP contribution in [0, 0.1) is 6.92 Å². The molecule has 0 atom stereocenters. The minimum Gasteiger partial charge on any atom is -0.476 e. The molecule has 1 heterocycles. The van der Waals surface area contributed by atoms with E-state index < -0.39 is 22.8 Å². The summed E-state index contributed by atoms with van der Waals surface area (Å²) in [6.07, 6.45) is -4.64. The standard InChI is InChI=1S/C12H8F3NO2S/c1-6-2-4-7(5-3-6)9-8(10(17)18)16-11(19-9)12(13,14)15/h2-5H,1H3,(H,17,18). The zero-order valence-corrected chi connectivity index (χ0v) is 10.5. The smallest absolute Gasteiger partial charge is 0.443 e. The molecule has 0 fully saturated rings. The molecule has 1 aromatic heterocycles. The quantitative estimate of drug-likeness (QED) is 0.913. The Labute approximate surface area is 110 Å². The number of aryl methyl sites for hydroxylation is 1. The van der Waals surface area contributed by atoms with Gasteiger partial charge in [-0.25, -0.2) is 9.78 Å². The number of hydrogen-bond donors (Lipinski definition) is 1. The molecule has 0 unspecified atom stereocenters. The van der Waals surface area contributed by atoms with Gasteiger partial charge in [-0.15, -0.1) is 11.3 Å². The first-order chi connectivity index (χ1) is 8.79. The fraction of sp³-hybridized carbons (Fsp3) is 0.167. The van der Waals surface area contributed by atoms with Crippen molar-refractivity contribution in [1.82, 2.24) is 4.98 Å². The lowest BCUT2D eigenvalue weighted by atomic mass is 10.1. The molecule has 100 valence electrons. The molecule has 0 amide bonds. The Balaban J connectivity index is 2.58. The SMILES string of the molecule is Cc1ccc(-c2sc(C(F)(F)F)nc2C(=O)O)cc1. The molecule has 0 aliphatic rings. The Bertz CT molecular complexity index is 617. The van der Waals surface area contributed by atoms with E-state index in [1.165, 1.54) is 0 Å². The van der Waals surface area contributed by atoms with E-state index >= 15 is 0 Å². The van der Waals surface area contributed by atoms with Crippen LogP contribution in [-0.2, 0) is 6.18 Å². The third kappa shape index (κ3) is 2.76. The average molecular weight is 287 g/mol. The first-order valence-corrected chi connectivity index (χ1v) is 5.99. The molecule has 0 bridgehead atoms. The molecule has 0 spiro atoms. The second kappa shape index (κ2) is 4.65. The van der Waals surface area contributed by atoms with Crippen molar-refractivity contribution < 1.29 is 23.1 Å². The van der Waals surface area contributed by atoms with Gasteiger partial charge in [0.05, 0.1) is 4.88 Å². The summed E-state index contributed by atoms with van der Waals surface area (Å²) in [7, 11) is 0. The zero-order chi connectivity index (χ0) is 14.2. The van der Waals surface area contributed by atoms with Gasteiger partial charge in [0.2, 0.25) is 0 Å². The third-order valence-corrected chi connectivity index (χ3v) is 3.54. The third-order valence-electron chi connectivity index (χ3n) is 2.39. The summed E-state index contributed by atoms with van der Waals surface area (Å²) >= 11 is 0.337. The molecular formula is C12H8F3NO2S. The van der Waals surface area contributed by atoms with E-state index in [1.54, 1.807) is 24.3 Å². The van der Waals surface area contributed by atoms with Crippen LogP contribution in [0.2, 0.25) is 0 Å². The molecule has 0 radical (unpaired) electrons. The summed E-state index contributed by atoms with van der Waals surface area (Å²) < 4.78 is 37.7. The molecule has 19 heavy (non-hydrogen) atoms. The van der Waals surface area contributed by atoms with Crippen molar-refractivity contribution in [3.05, 3.63) is 40.5 Å². The molecular weight excluding hydrogens is 279 g/mol. The number of nitrogens with zero attached hydrogens (tertiary/aromatic N) is 1. The highest BCUT2D eigenvalue weighted by Gasteiger charge is 2.37. The van der Waals surface area contributed by atoms with Gasteiger partial charge in [-0.3, -0.25) is 0 Å². The summed E-state index contributed by atoms with van der Waals surface area (Å²) in [5.41, 5.74) is 0.776. The van der Waals surface area contributed by atoms with Crippen molar-refractivity contribution in [1.29, 1.82) is 0 Å². The Morgan fingerprint density at radius 1 is 1.26 bits per heavy atom. The van der Waals surface area contributed by atoms with Gasteiger partial charge in [-0.1, -0.05) is 29.8 Å². The number of thiazole rings is 1. The number of hydrogen-bond acceptors (Lipinski definition) is 3. The van der Waals surface area contributed by atoms with Gasteiger partial charge in [0, 0.05) is 0 Å². The van der Waals surface area contributed by atoms with E-state index in [2.05, 4.69) is 4.98 Å². The van der Waals surface area contributed by atoms with E-state index in [0.717, 1.165) is 5.56 Å². The maximum absolute atomic E-state index is 12.6. The van der Waals surface area contributed by atoms with Crippen molar-refractivity contribution in [2.75, 3.05) is 0 Å². The van der Waals surface area contributed by atoms with Gasteiger partial charge in [-0.05, 0) is 12.5 Å². The van der Waals surface area contributed by atoms with Crippen LogP contribution in [0.15, 0.2) is 24.3 Å². The highest BCUT2D eigenvalue weighted by molar-refractivity contribution is 7.15. The molecule has 0 saturated carbocycles. The van der Waals surface area contributed by atoms with Gasteiger partial charge < -0.3 is 5.11 Å².